The second kappa shape index (κ2) is 14.9. The number of thioether (sulfide) groups is 2. The van der Waals surface area contributed by atoms with Crippen molar-refractivity contribution in [1.82, 2.24) is 29.5 Å². The highest BCUT2D eigenvalue weighted by Crippen LogP contribution is 2.44. The van der Waals surface area contributed by atoms with Crippen LogP contribution in [0.25, 0.3) is 27.2 Å². The topological polar surface area (TPSA) is 136 Å². The largest absolute Gasteiger partial charge is 0.481 e. The molecule has 0 amide bonds. The minimum Gasteiger partial charge on any atom is -0.481 e. The number of hydrogen-bond acceptors (Lipinski definition) is 8. The van der Waals surface area contributed by atoms with E-state index in [-0.39, 0.29) is 11.5 Å². The summed E-state index contributed by atoms with van der Waals surface area (Å²) in [5.74, 6) is -1.20. The number of fused-ring (bicyclic) bond motifs is 2. The molecular weight excluding hydrogens is 836 g/mol. The molecule has 2 heterocycles. The zero-order valence-corrected chi connectivity index (χ0v) is 30.8. The van der Waals surface area contributed by atoms with Crippen LogP contribution < -0.4 is 0 Å². The van der Waals surface area contributed by atoms with Crippen molar-refractivity contribution in [2.24, 2.45) is 0 Å². The number of halogens is 3. The van der Waals surface area contributed by atoms with Gasteiger partial charge >= 0.3 is 11.9 Å². The zero-order valence-electron chi connectivity index (χ0n) is 24.4. The van der Waals surface area contributed by atoms with Crippen molar-refractivity contribution in [2.75, 3.05) is 11.5 Å². The molecule has 10 nitrogen and oxygen atoms in total. The van der Waals surface area contributed by atoms with Crippen LogP contribution in [0, 0.1) is 0 Å². The van der Waals surface area contributed by atoms with Gasteiger partial charge in [-0.1, -0.05) is 100 Å². The lowest BCUT2D eigenvalue weighted by atomic mass is 9.99. The molecule has 2 aromatic heterocycles. The van der Waals surface area contributed by atoms with Gasteiger partial charge in [0.2, 0.25) is 9.47 Å². The summed E-state index contributed by atoms with van der Waals surface area (Å²) in [5, 5.41) is 39.7. The van der Waals surface area contributed by atoms with E-state index in [2.05, 4.69) is 111 Å². The lowest BCUT2D eigenvalue weighted by Gasteiger charge is -2.13. The van der Waals surface area contributed by atoms with Crippen molar-refractivity contribution in [2.45, 2.75) is 35.6 Å². The molecule has 0 unspecified atom stereocenters. The van der Waals surface area contributed by atoms with E-state index in [0.717, 1.165) is 55.4 Å². The fourth-order valence-corrected chi connectivity index (χ4v) is 8.04. The Labute approximate surface area is 302 Å². The van der Waals surface area contributed by atoms with Crippen LogP contribution in [0.1, 0.15) is 29.9 Å². The first-order valence-electron chi connectivity index (χ1n) is 14.3. The third-order valence-corrected chi connectivity index (χ3v) is 11.1. The van der Waals surface area contributed by atoms with Crippen LogP contribution in [0.4, 0.5) is 0 Å². The molecule has 2 N–H and O–H groups in total. The van der Waals surface area contributed by atoms with E-state index in [9.17, 15) is 9.59 Å². The molecule has 1 fully saturated rings. The summed E-state index contributed by atoms with van der Waals surface area (Å²) >= 11 is 12.7. The summed E-state index contributed by atoms with van der Waals surface area (Å²) in [7, 11) is 0. The smallest absolute Gasteiger partial charge is 0.313 e. The Kier molecular flexibility index (Phi) is 10.7. The Morgan fingerprint density at radius 1 is 0.702 bits per heavy atom. The van der Waals surface area contributed by atoms with Crippen molar-refractivity contribution in [3.63, 3.8) is 0 Å². The number of rotatable bonds is 10. The van der Waals surface area contributed by atoms with Gasteiger partial charge in [-0.2, -0.15) is 0 Å². The number of aromatic nitrogens is 6. The zero-order chi connectivity index (χ0) is 33.1. The monoisotopic (exact) mass is 858 g/mol. The predicted octanol–water partition coefficient (Wildman–Crippen LogP) is 8.42. The van der Waals surface area contributed by atoms with Crippen LogP contribution in [0.5, 0.6) is 0 Å². The number of aliphatic carboxylic acids is 2. The Bertz CT molecular complexity index is 2120. The molecule has 240 valence electrons. The summed E-state index contributed by atoms with van der Waals surface area (Å²) in [5.41, 5.74) is 3.46. The lowest BCUT2D eigenvalue weighted by molar-refractivity contribution is -0.134. The van der Waals surface area contributed by atoms with Gasteiger partial charge in [-0.05, 0) is 90.0 Å². The van der Waals surface area contributed by atoms with Gasteiger partial charge in [0.05, 0.1) is 23.7 Å². The Hall–Kier alpha value is -3.24. The molecule has 1 aliphatic carbocycles. The number of carboxylic acid groups (broad SMARTS) is 2. The number of carboxylic acids is 2. The van der Waals surface area contributed by atoms with Crippen molar-refractivity contribution in [1.29, 1.82) is 0 Å². The summed E-state index contributed by atoms with van der Waals surface area (Å²) in [4.78, 5) is 21.6. The second-order valence-corrected chi connectivity index (χ2v) is 14.7. The van der Waals surface area contributed by atoms with Gasteiger partial charge in [0, 0.05) is 9.86 Å². The first-order valence-corrected chi connectivity index (χ1v) is 18.6. The van der Waals surface area contributed by atoms with Crippen LogP contribution in [-0.2, 0) is 16.1 Å². The summed E-state index contributed by atoms with van der Waals surface area (Å²) < 4.78 is 5.92. The van der Waals surface area contributed by atoms with Crippen LogP contribution in [-0.4, -0.2) is 63.2 Å². The van der Waals surface area contributed by atoms with Crippen LogP contribution in [0.3, 0.4) is 0 Å². The Balaban J connectivity index is 0.000000165. The minimum absolute atomic E-state index is 0.0494. The third-order valence-electron chi connectivity index (χ3n) is 7.40. The van der Waals surface area contributed by atoms with E-state index in [1.54, 1.807) is 0 Å². The van der Waals surface area contributed by atoms with E-state index in [1.807, 2.05) is 39.5 Å². The third kappa shape index (κ3) is 7.75. The van der Waals surface area contributed by atoms with Gasteiger partial charge in [0.1, 0.15) is 0 Å². The average molecular weight is 861 g/mol. The number of benzene rings is 4. The highest BCUT2D eigenvalue weighted by atomic mass is 79.9. The van der Waals surface area contributed by atoms with Gasteiger partial charge in [-0.15, -0.1) is 20.4 Å². The summed E-state index contributed by atoms with van der Waals surface area (Å²) in [6.07, 6.45) is 2.50. The maximum absolute atomic E-state index is 10.9. The maximum atomic E-state index is 10.9. The molecule has 0 spiro atoms. The molecule has 47 heavy (non-hydrogen) atoms. The molecule has 0 bridgehead atoms. The highest BCUT2D eigenvalue weighted by Gasteiger charge is 2.26. The van der Waals surface area contributed by atoms with Crippen LogP contribution in [0.15, 0.2) is 97.0 Å². The molecule has 7 rings (SSSR count). The highest BCUT2D eigenvalue weighted by molar-refractivity contribution is 9.11. The van der Waals surface area contributed by atoms with Gasteiger partial charge in [0.15, 0.2) is 10.3 Å². The second-order valence-electron chi connectivity index (χ2n) is 10.5. The first kappa shape index (κ1) is 33.7. The lowest BCUT2D eigenvalue weighted by Crippen LogP contribution is -2.05. The van der Waals surface area contributed by atoms with E-state index >= 15 is 0 Å². The Morgan fingerprint density at radius 2 is 1.30 bits per heavy atom. The fourth-order valence-electron chi connectivity index (χ4n) is 5.20. The molecular formula is C32H25Br3N6O4S2. The van der Waals surface area contributed by atoms with Crippen molar-refractivity contribution in [3.05, 3.63) is 97.9 Å². The van der Waals surface area contributed by atoms with Crippen LogP contribution >= 0.6 is 71.3 Å². The molecule has 0 saturated heterocycles. The minimum atomic E-state index is -0.880. The molecule has 0 atom stereocenters. The van der Waals surface area contributed by atoms with E-state index in [4.69, 9.17) is 10.2 Å². The summed E-state index contributed by atoms with van der Waals surface area (Å²) in [6.45, 7) is 0.559. The number of carbonyl (C=O) groups is 2. The maximum Gasteiger partial charge on any atom is 0.313 e. The molecule has 0 radical (unpaired) electrons. The first-order chi connectivity index (χ1) is 22.7. The van der Waals surface area contributed by atoms with E-state index in [0.29, 0.717) is 32.2 Å². The van der Waals surface area contributed by atoms with E-state index in [1.165, 1.54) is 23.8 Å². The Morgan fingerprint density at radius 3 is 1.98 bits per heavy atom. The van der Waals surface area contributed by atoms with Gasteiger partial charge in [-0.3, -0.25) is 18.7 Å². The van der Waals surface area contributed by atoms with Gasteiger partial charge in [0.25, 0.3) is 0 Å². The van der Waals surface area contributed by atoms with E-state index < -0.39 is 11.9 Å². The predicted molar refractivity (Wildman–Crippen MR) is 194 cm³/mol. The number of nitrogens with zero attached hydrogens (tertiary/aromatic N) is 6. The summed E-state index contributed by atoms with van der Waals surface area (Å²) in [6, 6.07) is 24.8. The molecule has 1 saturated carbocycles. The quantitative estimate of drug-likeness (QED) is 0.129. The standard InChI is InChI=1S/C17H14BrN3O2S.C15H11Br2N3O2S/c18-16-19-20-17(24-9-15(22)23)21(16)14-8-7-11(10-5-6-10)12-3-1-2-4-13(12)14;16-12-6-5-9(10-3-1-2-4-11(10)12)7-20-14(17)18-19-15(20)23-8-13(21)22/h1-4,7-8,10H,5-6,9H2,(H,22,23);1-6H,7-8H2,(H,21,22). The molecule has 1 aliphatic rings. The SMILES string of the molecule is O=C(O)CSc1nnc(Br)n1-c1ccc(C2CC2)c2ccccc12.O=C(O)CSc1nnc(Br)n1Cc1ccc(Br)c2ccccc12. The van der Waals surface area contributed by atoms with Gasteiger partial charge < -0.3 is 10.2 Å². The number of hydrogen-bond donors (Lipinski definition) is 2. The van der Waals surface area contributed by atoms with Crippen molar-refractivity contribution in [3.8, 4) is 5.69 Å². The van der Waals surface area contributed by atoms with Crippen molar-refractivity contribution >= 4 is 105 Å². The van der Waals surface area contributed by atoms with Crippen LogP contribution in [0.2, 0.25) is 0 Å². The van der Waals surface area contributed by atoms with Crippen molar-refractivity contribution < 1.29 is 19.8 Å². The molecule has 6 aromatic rings. The molecule has 15 heteroatoms. The van der Waals surface area contributed by atoms with Gasteiger partial charge in [-0.25, -0.2) is 0 Å². The molecule has 0 aliphatic heterocycles. The normalized spacial score (nSPS) is 12.7. The average Bonchev–Trinajstić information content (AvgIpc) is 3.76. The fraction of sp³-hybridized carbons (Fsp3) is 0.188. The molecule has 4 aromatic carbocycles.